The Balaban J connectivity index is 2.49. The molecule has 0 aromatic heterocycles. The molecule has 0 spiro atoms. The van der Waals surface area contributed by atoms with Crippen molar-refractivity contribution in [3.05, 3.63) is 34.3 Å². The van der Waals surface area contributed by atoms with Gasteiger partial charge in [0.05, 0.1) is 12.5 Å². The molecule has 0 saturated heterocycles. The van der Waals surface area contributed by atoms with E-state index in [1.807, 2.05) is 31.2 Å². The van der Waals surface area contributed by atoms with Gasteiger partial charge < -0.3 is 4.74 Å². The minimum Gasteiger partial charge on any atom is -0.466 e. The monoisotopic (exact) mass is 328 g/mol. The van der Waals surface area contributed by atoms with Crippen molar-refractivity contribution >= 4 is 30.0 Å². The Kier molecular flexibility index (Phi) is 5.60. The van der Waals surface area contributed by atoms with E-state index in [1.165, 1.54) is 0 Å². The van der Waals surface area contributed by atoms with Crippen LogP contribution in [0.5, 0.6) is 0 Å². The van der Waals surface area contributed by atoms with Crippen LogP contribution in [-0.4, -0.2) is 20.7 Å². The summed E-state index contributed by atoms with van der Waals surface area (Å²) in [7, 11) is -1.13. The zero-order chi connectivity index (χ0) is 13.8. The van der Waals surface area contributed by atoms with Gasteiger partial charge in [-0.25, -0.2) is 0 Å². The first-order chi connectivity index (χ1) is 8.29. The van der Waals surface area contributed by atoms with Crippen LogP contribution in [0.1, 0.15) is 18.4 Å². The van der Waals surface area contributed by atoms with Gasteiger partial charge >= 0.3 is 5.97 Å². The predicted octanol–water partition coefficient (Wildman–Crippen LogP) is 4.43. The highest BCUT2D eigenvalue weighted by molar-refractivity contribution is 9.10. The third kappa shape index (κ3) is 5.36. The number of ether oxygens (including phenoxy) is 1. The molecule has 0 saturated carbocycles. The van der Waals surface area contributed by atoms with Crippen molar-refractivity contribution < 1.29 is 9.53 Å². The van der Waals surface area contributed by atoms with Crippen molar-refractivity contribution in [2.45, 2.75) is 38.5 Å². The Labute approximate surface area is 119 Å². The fourth-order valence-electron chi connectivity index (χ4n) is 1.47. The molecule has 0 fully saturated rings. The van der Waals surface area contributed by atoms with Gasteiger partial charge in [0.1, 0.15) is 0 Å². The molecule has 1 atom stereocenters. The molecule has 0 aliphatic rings. The SMILES string of the molecule is CC(C(=O)OCC[Si](C)(C)C)c1ccc(Br)cc1. The summed E-state index contributed by atoms with van der Waals surface area (Å²) in [6, 6.07) is 8.82. The lowest BCUT2D eigenvalue weighted by molar-refractivity contribution is -0.144. The molecular weight excluding hydrogens is 308 g/mol. The number of rotatable bonds is 5. The van der Waals surface area contributed by atoms with E-state index in [-0.39, 0.29) is 11.9 Å². The summed E-state index contributed by atoms with van der Waals surface area (Å²) in [5, 5.41) is 0. The normalized spacial score (nSPS) is 13.2. The first-order valence-corrected chi connectivity index (χ1v) is 10.7. The zero-order valence-electron chi connectivity index (χ0n) is 11.5. The number of benzene rings is 1. The van der Waals surface area contributed by atoms with Gasteiger partial charge in [0.25, 0.3) is 0 Å². The predicted molar refractivity (Wildman–Crippen MR) is 81.7 cm³/mol. The smallest absolute Gasteiger partial charge is 0.313 e. The average molecular weight is 329 g/mol. The summed E-state index contributed by atoms with van der Waals surface area (Å²) in [5.74, 6) is -0.324. The lowest BCUT2D eigenvalue weighted by Crippen LogP contribution is -2.23. The van der Waals surface area contributed by atoms with Crippen LogP contribution in [0.3, 0.4) is 0 Å². The largest absolute Gasteiger partial charge is 0.466 e. The second-order valence-corrected chi connectivity index (χ2v) is 12.3. The summed E-state index contributed by atoms with van der Waals surface area (Å²) in [6.07, 6.45) is 0. The molecule has 2 nitrogen and oxygen atoms in total. The number of hydrogen-bond donors (Lipinski definition) is 0. The molecule has 0 N–H and O–H groups in total. The third-order valence-electron chi connectivity index (χ3n) is 2.82. The van der Waals surface area contributed by atoms with Crippen molar-refractivity contribution in [1.82, 2.24) is 0 Å². The second kappa shape index (κ2) is 6.52. The molecule has 0 radical (unpaired) electrons. The van der Waals surface area contributed by atoms with Gasteiger partial charge in [-0.1, -0.05) is 47.7 Å². The van der Waals surface area contributed by atoms with E-state index >= 15 is 0 Å². The van der Waals surface area contributed by atoms with E-state index in [1.54, 1.807) is 0 Å². The van der Waals surface area contributed by atoms with Crippen molar-refractivity contribution in [3.63, 3.8) is 0 Å². The van der Waals surface area contributed by atoms with Crippen molar-refractivity contribution in [2.24, 2.45) is 0 Å². The molecule has 0 amide bonds. The van der Waals surface area contributed by atoms with Gasteiger partial charge in [0.15, 0.2) is 0 Å². The van der Waals surface area contributed by atoms with E-state index in [0.29, 0.717) is 6.61 Å². The fraction of sp³-hybridized carbons (Fsp3) is 0.500. The fourth-order valence-corrected chi connectivity index (χ4v) is 2.45. The highest BCUT2D eigenvalue weighted by Gasteiger charge is 2.18. The van der Waals surface area contributed by atoms with Crippen molar-refractivity contribution in [1.29, 1.82) is 0 Å². The molecule has 0 aliphatic carbocycles. The van der Waals surface area contributed by atoms with E-state index in [0.717, 1.165) is 16.1 Å². The molecule has 0 bridgehead atoms. The Morgan fingerprint density at radius 2 is 1.83 bits per heavy atom. The number of esters is 1. The van der Waals surface area contributed by atoms with Crippen LogP contribution in [0.4, 0.5) is 0 Å². The Bertz CT molecular complexity index is 395. The molecule has 1 rings (SSSR count). The Hall–Kier alpha value is -0.613. The second-order valence-electron chi connectivity index (χ2n) is 5.75. The molecule has 1 aromatic rings. The summed E-state index contributed by atoms with van der Waals surface area (Å²) in [6.45, 7) is 9.27. The molecule has 0 aliphatic heterocycles. The maximum absolute atomic E-state index is 11.9. The maximum atomic E-state index is 11.9. The van der Waals surface area contributed by atoms with Gasteiger partial charge in [-0.15, -0.1) is 0 Å². The van der Waals surface area contributed by atoms with E-state index in [9.17, 15) is 4.79 Å². The van der Waals surface area contributed by atoms with Crippen molar-refractivity contribution in [3.8, 4) is 0 Å². The average Bonchev–Trinajstić information content (AvgIpc) is 2.27. The topological polar surface area (TPSA) is 26.3 Å². The van der Waals surface area contributed by atoms with Gasteiger partial charge in [-0.2, -0.15) is 0 Å². The molecule has 18 heavy (non-hydrogen) atoms. The van der Waals surface area contributed by atoms with Crippen LogP contribution in [0.15, 0.2) is 28.7 Å². The summed E-state index contributed by atoms with van der Waals surface area (Å²) >= 11 is 3.38. The molecule has 0 heterocycles. The lowest BCUT2D eigenvalue weighted by atomic mass is 10.0. The van der Waals surface area contributed by atoms with Crippen LogP contribution in [0, 0.1) is 0 Å². The van der Waals surface area contributed by atoms with Crippen LogP contribution >= 0.6 is 15.9 Å². The van der Waals surface area contributed by atoms with E-state index in [4.69, 9.17) is 4.74 Å². The minimum absolute atomic E-state index is 0.129. The number of hydrogen-bond acceptors (Lipinski definition) is 2. The number of carbonyl (C=O) groups is 1. The van der Waals surface area contributed by atoms with E-state index < -0.39 is 8.07 Å². The molecule has 1 unspecified atom stereocenters. The van der Waals surface area contributed by atoms with Gasteiger partial charge in [-0.05, 0) is 30.7 Å². The Morgan fingerprint density at radius 1 is 1.28 bits per heavy atom. The summed E-state index contributed by atoms with van der Waals surface area (Å²) in [5.41, 5.74) is 0.996. The van der Waals surface area contributed by atoms with E-state index in [2.05, 4.69) is 35.6 Å². The van der Waals surface area contributed by atoms with Crippen LogP contribution in [0.2, 0.25) is 25.7 Å². The lowest BCUT2D eigenvalue weighted by Gasteiger charge is -2.17. The first-order valence-electron chi connectivity index (χ1n) is 6.22. The molecular formula is C14H21BrO2Si. The number of halogens is 1. The van der Waals surface area contributed by atoms with Crippen LogP contribution in [0.25, 0.3) is 0 Å². The zero-order valence-corrected chi connectivity index (χ0v) is 14.1. The highest BCUT2D eigenvalue weighted by atomic mass is 79.9. The summed E-state index contributed by atoms with van der Waals surface area (Å²) < 4.78 is 6.37. The van der Waals surface area contributed by atoms with Crippen LogP contribution < -0.4 is 0 Å². The Morgan fingerprint density at radius 3 is 2.33 bits per heavy atom. The van der Waals surface area contributed by atoms with Gasteiger partial charge in [0.2, 0.25) is 0 Å². The standard InChI is InChI=1S/C14H21BrO2Si/c1-11(12-5-7-13(15)8-6-12)14(16)17-9-10-18(2,3)4/h5-8,11H,9-10H2,1-4H3. The van der Waals surface area contributed by atoms with Gasteiger partial charge in [0, 0.05) is 12.5 Å². The molecule has 4 heteroatoms. The first kappa shape index (κ1) is 15.4. The maximum Gasteiger partial charge on any atom is 0.313 e. The third-order valence-corrected chi connectivity index (χ3v) is 5.05. The van der Waals surface area contributed by atoms with Gasteiger partial charge in [-0.3, -0.25) is 4.79 Å². The molecule has 1 aromatic carbocycles. The highest BCUT2D eigenvalue weighted by Crippen LogP contribution is 2.20. The quantitative estimate of drug-likeness (QED) is 0.590. The number of carbonyl (C=O) groups excluding carboxylic acids is 1. The summed E-state index contributed by atoms with van der Waals surface area (Å²) in [4.78, 5) is 11.9. The van der Waals surface area contributed by atoms with Crippen LogP contribution in [-0.2, 0) is 9.53 Å². The minimum atomic E-state index is -1.13. The van der Waals surface area contributed by atoms with Crippen molar-refractivity contribution in [2.75, 3.05) is 6.61 Å². The molecule has 100 valence electrons.